The van der Waals surface area contributed by atoms with Gasteiger partial charge in [-0.15, -0.1) is 0 Å². The summed E-state index contributed by atoms with van der Waals surface area (Å²) in [5, 5.41) is 1.10. The van der Waals surface area contributed by atoms with E-state index in [1.165, 1.54) is 0 Å². The summed E-state index contributed by atoms with van der Waals surface area (Å²) in [6.45, 7) is 5.31. The lowest BCUT2D eigenvalue weighted by Gasteiger charge is -2.07. The summed E-state index contributed by atoms with van der Waals surface area (Å²) in [4.78, 5) is 13.1. The third-order valence-corrected chi connectivity index (χ3v) is 5.85. The summed E-state index contributed by atoms with van der Waals surface area (Å²) in [5.74, 6) is 1.48. The summed E-state index contributed by atoms with van der Waals surface area (Å²) in [5.41, 5.74) is 4.69. The van der Waals surface area contributed by atoms with Crippen molar-refractivity contribution in [3.8, 4) is 11.5 Å². The molecule has 1 aromatic heterocycles. The van der Waals surface area contributed by atoms with Crippen LogP contribution in [0.4, 0.5) is 0 Å². The van der Waals surface area contributed by atoms with E-state index in [1.54, 1.807) is 6.07 Å². The molecule has 3 aromatic carbocycles. The van der Waals surface area contributed by atoms with Crippen molar-refractivity contribution in [1.82, 2.24) is 4.57 Å². The normalized spacial score (nSPS) is 14.2. The highest BCUT2D eigenvalue weighted by atomic mass is 16.5. The fourth-order valence-corrected chi connectivity index (χ4v) is 4.25. The predicted octanol–water partition coefficient (Wildman–Crippen LogP) is 6.68. The average Bonchev–Trinajstić information content (AvgIpc) is 3.35. The molecule has 0 unspecified atom stereocenters. The van der Waals surface area contributed by atoms with Gasteiger partial charge in [0.15, 0.2) is 5.76 Å². The molecule has 4 aromatic rings. The molecule has 0 radical (unpaired) electrons. The Morgan fingerprint density at radius 1 is 1.03 bits per heavy atom. The van der Waals surface area contributed by atoms with Crippen molar-refractivity contribution in [1.29, 1.82) is 0 Å². The molecular formula is C29H25NO3. The van der Waals surface area contributed by atoms with Gasteiger partial charge in [0, 0.05) is 35.3 Å². The highest BCUT2D eigenvalue weighted by Crippen LogP contribution is 2.38. The van der Waals surface area contributed by atoms with Gasteiger partial charge < -0.3 is 14.0 Å². The Labute approximate surface area is 193 Å². The van der Waals surface area contributed by atoms with Gasteiger partial charge >= 0.3 is 0 Å². The van der Waals surface area contributed by atoms with Crippen molar-refractivity contribution < 1.29 is 14.3 Å². The number of benzene rings is 3. The van der Waals surface area contributed by atoms with E-state index in [9.17, 15) is 4.79 Å². The largest absolute Gasteiger partial charge is 0.489 e. The van der Waals surface area contributed by atoms with Gasteiger partial charge in [-0.3, -0.25) is 4.79 Å². The molecule has 0 fully saturated rings. The molecule has 0 saturated carbocycles. The van der Waals surface area contributed by atoms with Crippen LogP contribution < -0.4 is 9.47 Å². The van der Waals surface area contributed by atoms with Crippen LogP contribution in [0.2, 0.25) is 0 Å². The van der Waals surface area contributed by atoms with Crippen molar-refractivity contribution in [3.05, 3.63) is 107 Å². The van der Waals surface area contributed by atoms with E-state index in [0.717, 1.165) is 34.1 Å². The number of carbonyl (C=O) groups is 1. The number of carbonyl (C=O) groups excluding carboxylic acids is 1. The first kappa shape index (κ1) is 20.8. The zero-order valence-electron chi connectivity index (χ0n) is 18.7. The number of fused-ring (bicyclic) bond motifs is 2. The molecule has 4 heteroatoms. The lowest BCUT2D eigenvalue weighted by Crippen LogP contribution is -2.00. The van der Waals surface area contributed by atoms with Crippen LogP contribution in [-0.4, -0.2) is 17.0 Å². The molecule has 0 spiro atoms. The number of hydrogen-bond donors (Lipinski definition) is 0. The van der Waals surface area contributed by atoms with E-state index in [0.29, 0.717) is 29.4 Å². The zero-order chi connectivity index (χ0) is 22.8. The number of ketones is 1. The molecule has 0 bridgehead atoms. The fourth-order valence-electron chi connectivity index (χ4n) is 4.25. The van der Waals surface area contributed by atoms with Gasteiger partial charge in [0.25, 0.3) is 0 Å². The van der Waals surface area contributed by atoms with Crippen molar-refractivity contribution in [3.63, 3.8) is 0 Å². The maximum atomic E-state index is 13.1. The minimum atomic E-state index is -0.0913. The molecule has 0 amide bonds. The van der Waals surface area contributed by atoms with Crippen molar-refractivity contribution in [2.75, 3.05) is 6.61 Å². The lowest BCUT2D eigenvalue weighted by atomic mass is 10.0. The quantitative estimate of drug-likeness (QED) is 0.317. The van der Waals surface area contributed by atoms with Crippen molar-refractivity contribution in [2.24, 2.45) is 0 Å². The Hall–Kier alpha value is -4.05. The summed E-state index contributed by atoms with van der Waals surface area (Å²) < 4.78 is 14.1. The number of rotatable bonds is 6. The molecule has 1 aliphatic rings. The van der Waals surface area contributed by atoms with Crippen LogP contribution in [0.3, 0.4) is 0 Å². The number of aryl methyl sites for hydroxylation is 2. The number of para-hydroxylation sites is 1. The minimum absolute atomic E-state index is 0.0913. The van der Waals surface area contributed by atoms with E-state index < -0.39 is 0 Å². The van der Waals surface area contributed by atoms with Gasteiger partial charge in [0.1, 0.15) is 18.1 Å². The van der Waals surface area contributed by atoms with Crippen LogP contribution in [-0.2, 0) is 6.54 Å². The van der Waals surface area contributed by atoms with Crippen LogP contribution in [0, 0.1) is 6.92 Å². The third kappa shape index (κ3) is 4.08. The molecule has 0 N–H and O–H groups in total. The van der Waals surface area contributed by atoms with Gasteiger partial charge in [-0.1, -0.05) is 54.6 Å². The Balaban J connectivity index is 1.37. The molecule has 1 aliphatic heterocycles. The number of Topliss-reactive ketones (excluding diaryl/α,β-unsaturated/α-hetero) is 1. The molecule has 164 valence electrons. The van der Waals surface area contributed by atoms with Crippen molar-refractivity contribution >= 4 is 28.8 Å². The first-order valence-corrected chi connectivity index (χ1v) is 11.1. The SMILES string of the molecule is CCn1cc(/C=C2\Oc3cc(OC/C=C/c4ccccc4)cc(C)c3C2=O)c2ccccc21. The van der Waals surface area contributed by atoms with Crippen LogP contribution in [0.15, 0.2) is 84.8 Å². The number of aromatic nitrogens is 1. The summed E-state index contributed by atoms with van der Waals surface area (Å²) in [6.07, 6.45) is 7.91. The standard InChI is InChI=1S/C29H25NO3/c1-3-30-19-22(24-13-7-8-14-25(24)30)17-27-29(31)28-20(2)16-23(18-26(28)33-27)32-15-9-12-21-10-5-4-6-11-21/h4-14,16-19H,3,15H2,1-2H3/b12-9+,27-17-. The molecule has 0 saturated heterocycles. The third-order valence-electron chi connectivity index (χ3n) is 5.85. The highest BCUT2D eigenvalue weighted by molar-refractivity contribution is 6.16. The Bertz CT molecular complexity index is 1390. The summed E-state index contributed by atoms with van der Waals surface area (Å²) >= 11 is 0. The van der Waals surface area contributed by atoms with Gasteiger partial charge in [0.05, 0.1) is 5.56 Å². The van der Waals surface area contributed by atoms with E-state index in [4.69, 9.17) is 9.47 Å². The second-order valence-electron chi connectivity index (χ2n) is 8.06. The molecule has 0 aliphatic carbocycles. The van der Waals surface area contributed by atoms with Gasteiger partial charge in [-0.2, -0.15) is 0 Å². The molecule has 33 heavy (non-hydrogen) atoms. The number of allylic oxidation sites excluding steroid dienone is 1. The molecule has 4 nitrogen and oxygen atoms in total. The smallest absolute Gasteiger partial charge is 0.232 e. The fraction of sp³-hybridized carbons (Fsp3) is 0.138. The molecule has 5 rings (SSSR count). The van der Waals surface area contributed by atoms with E-state index in [-0.39, 0.29) is 5.78 Å². The second-order valence-corrected chi connectivity index (χ2v) is 8.06. The van der Waals surface area contributed by atoms with Crippen LogP contribution in [0.1, 0.15) is 34.0 Å². The van der Waals surface area contributed by atoms with Gasteiger partial charge in [0.2, 0.25) is 5.78 Å². The first-order valence-electron chi connectivity index (χ1n) is 11.1. The first-order chi connectivity index (χ1) is 16.1. The highest BCUT2D eigenvalue weighted by Gasteiger charge is 2.30. The Morgan fingerprint density at radius 3 is 2.64 bits per heavy atom. The average molecular weight is 436 g/mol. The maximum absolute atomic E-state index is 13.1. The van der Waals surface area contributed by atoms with E-state index in [1.807, 2.05) is 73.7 Å². The molecular weight excluding hydrogens is 410 g/mol. The minimum Gasteiger partial charge on any atom is -0.489 e. The van der Waals surface area contributed by atoms with E-state index >= 15 is 0 Å². The van der Waals surface area contributed by atoms with Gasteiger partial charge in [-0.25, -0.2) is 0 Å². The van der Waals surface area contributed by atoms with Crippen LogP contribution in [0.25, 0.3) is 23.1 Å². The summed E-state index contributed by atoms with van der Waals surface area (Å²) in [6, 6.07) is 22.0. The zero-order valence-corrected chi connectivity index (χ0v) is 18.7. The maximum Gasteiger partial charge on any atom is 0.232 e. The monoisotopic (exact) mass is 435 g/mol. The van der Waals surface area contributed by atoms with E-state index in [2.05, 4.69) is 29.8 Å². The second kappa shape index (κ2) is 8.83. The number of nitrogens with zero attached hydrogens (tertiary/aromatic N) is 1. The predicted molar refractivity (Wildman–Crippen MR) is 133 cm³/mol. The molecule has 0 atom stereocenters. The topological polar surface area (TPSA) is 40.5 Å². The number of ether oxygens (including phenoxy) is 2. The number of hydrogen-bond acceptors (Lipinski definition) is 3. The molecule has 2 heterocycles. The van der Waals surface area contributed by atoms with Crippen molar-refractivity contribution in [2.45, 2.75) is 20.4 Å². The summed E-state index contributed by atoms with van der Waals surface area (Å²) in [7, 11) is 0. The Morgan fingerprint density at radius 2 is 1.82 bits per heavy atom. The van der Waals surface area contributed by atoms with Crippen LogP contribution in [0.5, 0.6) is 11.5 Å². The van der Waals surface area contributed by atoms with Gasteiger partial charge in [-0.05, 0) is 49.3 Å². The Kier molecular flexibility index (Phi) is 5.57. The lowest BCUT2D eigenvalue weighted by molar-refractivity contribution is 0.101. The van der Waals surface area contributed by atoms with Crippen LogP contribution >= 0.6 is 0 Å².